The third-order valence-corrected chi connectivity index (χ3v) is 7.22. The third kappa shape index (κ3) is 7.44. The molecule has 0 saturated carbocycles. The Morgan fingerprint density at radius 3 is 2.58 bits per heavy atom. The normalized spacial score (nSPS) is 15.5. The summed E-state index contributed by atoms with van der Waals surface area (Å²) in [6.07, 6.45) is 3.13. The number of carbonyl (C=O) groups is 1. The summed E-state index contributed by atoms with van der Waals surface area (Å²) in [5.41, 5.74) is 1.81. The lowest BCUT2D eigenvalue weighted by atomic mass is 9.86. The van der Waals surface area contributed by atoms with E-state index in [0.29, 0.717) is 11.5 Å². The first-order valence-corrected chi connectivity index (χ1v) is 12.3. The second-order valence-corrected chi connectivity index (χ2v) is 10.6. The molecule has 0 aliphatic carbocycles. The van der Waals surface area contributed by atoms with E-state index in [0.717, 1.165) is 56.2 Å². The van der Waals surface area contributed by atoms with Gasteiger partial charge in [-0.1, -0.05) is 26.0 Å². The van der Waals surface area contributed by atoms with Gasteiger partial charge < -0.3 is 10.1 Å². The number of benzene rings is 2. The lowest BCUT2D eigenvalue weighted by Gasteiger charge is -2.33. The minimum absolute atomic E-state index is 0.0601. The van der Waals surface area contributed by atoms with E-state index in [4.69, 9.17) is 4.74 Å². The molecule has 1 fully saturated rings. The summed E-state index contributed by atoms with van der Waals surface area (Å²) in [5.74, 6) is -0.149. The van der Waals surface area contributed by atoms with Crippen LogP contribution in [0.15, 0.2) is 41.3 Å². The van der Waals surface area contributed by atoms with Crippen molar-refractivity contribution in [2.24, 2.45) is 5.41 Å². The maximum absolute atomic E-state index is 13.9. The Morgan fingerprint density at radius 2 is 1.88 bits per heavy atom. The Kier molecular flexibility index (Phi) is 8.76. The number of halogens is 2. The first-order chi connectivity index (χ1) is 15.6. The standard InChI is InChI=1S/C26H34F2N2O2S/c1-18-6-7-19(2)23(16-18)32-15-5-12-26(3,4)25(31)29-21-10-13-30(14-11-21)33-24-9-8-20(27)17-22(24)28/h6-9,16-17,21H,5,10-15H2,1-4H3,(H,29,31). The van der Waals surface area contributed by atoms with E-state index in [9.17, 15) is 13.6 Å². The number of nitrogens with zero attached hydrogens (tertiary/aromatic N) is 1. The molecule has 0 spiro atoms. The fourth-order valence-electron chi connectivity index (χ4n) is 3.83. The summed E-state index contributed by atoms with van der Waals surface area (Å²) in [4.78, 5) is 13.3. The predicted octanol–water partition coefficient (Wildman–Crippen LogP) is 6.05. The van der Waals surface area contributed by atoms with Crippen molar-refractivity contribution < 1.29 is 18.3 Å². The minimum atomic E-state index is -0.572. The smallest absolute Gasteiger partial charge is 0.225 e. The van der Waals surface area contributed by atoms with E-state index in [1.807, 2.05) is 33.8 Å². The maximum Gasteiger partial charge on any atom is 0.225 e. The second kappa shape index (κ2) is 11.3. The number of amides is 1. The van der Waals surface area contributed by atoms with Crippen LogP contribution in [-0.4, -0.2) is 36.0 Å². The molecule has 1 saturated heterocycles. The van der Waals surface area contributed by atoms with Crippen molar-refractivity contribution in [2.45, 2.75) is 64.3 Å². The molecule has 7 heteroatoms. The molecule has 33 heavy (non-hydrogen) atoms. The van der Waals surface area contributed by atoms with E-state index < -0.39 is 17.0 Å². The zero-order valence-corrected chi connectivity index (χ0v) is 20.7. The summed E-state index contributed by atoms with van der Waals surface area (Å²) < 4.78 is 35.0. The van der Waals surface area contributed by atoms with Gasteiger partial charge in [0.25, 0.3) is 0 Å². The van der Waals surface area contributed by atoms with Gasteiger partial charge in [-0.2, -0.15) is 0 Å². The number of hydrogen-bond donors (Lipinski definition) is 1. The monoisotopic (exact) mass is 476 g/mol. The zero-order chi connectivity index (χ0) is 24.0. The van der Waals surface area contributed by atoms with Crippen molar-refractivity contribution in [1.29, 1.82) is 0 Å². The SMILES string of the molecule is Cc1ccc(C)c(OCCCC(C)(C)C(=O)NC2CCN(Sc3ccc(F)cc3F)CC2)c1. The van der Waals surface area contributed by atoms with Crippen molar-refractivity contribution in [3.63, 3.8) is 0 Å². The van der Waals surface area contributed by atoms with E-state index >= 15 is 0 Å². The van der Waals surface area contributed by atoms with Crippen molar-refractivity contribution in [3.8, 4) is 5.75 Å². The third-order valence-electron chi connectivity index (χ3n) is 6.07. The van der Waals surface area contributed by atoms with Gasteiger partial charge in [-0.05, 0) is 80.8 Å². The fraction of sp³-hybridized carbons (Fsp3) is 0.500. The highest BCUT2D eigenvalue weighted by molar-refractivity contribution is 7.97. The van der Waals surface area contributed by atoms with Gasteiger partial charge in [0.15, 0.2) is 0 Å². The van der Waals surface area contributed by atoms with Gasteiger partial charge in [-0.3, -0.25) is 4.79 Å². The molecule has 1 aliphatic heterocycles. The zero-order valence-electron chi connectivity index (χ0n) is 19.9. The molecule has 0 aromatic heterocycles. The molecule has 1 heterocycles. The first-order valence-electron chi connectivity index (χ1n) is 11.5. The Labute approximate surface area is 200 Å². The van der Waals surface area contributed by atoms with Crippen LogP contribution in [0.3, 0.4) is 0 Å². The molecule has 1 amide bonds. The summed E-state index contributed by atoms with van der Waals surface area (Å²) in [5, 5.41) is 3.20. The molecule has 0 bridgehead atoms. The molecular formula is C26H34F2N2O2S. The van der Waals surface area contributed by atoms with Gasteiger partial charge in [0, 0.05) is 30.6 Å². The Balaban J connectivity index is 1.39. The topological polar surface area (TPSA) is 41.6 Å². The summed E-state index contributed by atoms with van der Waals surface area (Å²) in [6.45, 7) is 10.1. The van der Waals surface area contributed by atoms with E-state index in [1.165, 1.54) is 29.6 Å². The number of rotatable bonds is 9. The van der Waals surface area contributed by atoms with Crippen LogP contribution in [-0.2, 0) is 4.79 Å². The molecule has 1 aliphatic rings. The number of piperidine rings is 1. The molecule has 3 rings (SSSR count). The maximum atomic E-state index is 13.9. The molecular weight excluding hydrogens is 442 g/mol. The van der Waals surface area contributed by atoms with Crippen LogP contribution < -0.4 is 10.1 Å². The lowest BCUT2D eigenvalue weighted by molar-refractivity contribution is -0.130. The molecule has 0 atom stereocenters. The number of hydrogen-bond acceptors (Lipinski definition) is 4. The predicted molar refractivity (Wildman–Crippen MR) is 129 cm³/mol. The molecule has 180 valence electrons. The van der Waals surface area contributed by atoms with Crippen molar-refractivity contribution in [2.75, 3.05) is 19.7 Å². The van der Waals surface area contributed by atoms with Crippen LogP contribution in [0.5, 0.6) is 5.75 Å². The highest BCUT2D eigenvalue weighted by atomic mass is 32.2. The number of nitrogens with one attached hydrogen (secondary N) is 1. The van der Waals surface area contributed by atoms with Crippen molar-refractivity contribution in [3.05, 3.63) is 59.2 Å². The Hall–Kier alpha value is -2.12. The van der Waals surface area contributed by atoms with Crippen molar-refractivity contribution in [1.82, 2.24) is 9.62 Å². The van der Waals surface area contributed by atoms with Crippen LogP contribution in [0, 0.1) is 30.9 Å². The highest BCUT2D eigenvalue weighted by Gasteiger charge is 2.30. The molecule has 2 aromatic carbocycles. The van der Waals surface area contributed by atoms with Gasteiger partial charge >= 0.3 is 0 Å². The van der Waals surface area contributed by atoms with Crippen LogP contribution in [0.2, 0.25) is 0 Å². The highest BCUT2D eigenvalue weighted by Crippen LogP contribution is 2.30. The molecule has 0 unspecified atom stereocenters. The van der Waals surface area contributed by atoms with Crippen LogP contribution in [0.1, 0.15) is 50.7 Å². The molecule has 0 radical (unpaired) electrons. The van der Waals surface area contributed by atoms with Gasteiger partial charge in [0.05, 0.1) is 11.5 Å². The minimum Gasteiger partial charge on any atom is -0.493 e. The average molecular weight is 477 g/mol. The summed E-state index contributed by atoms with van der Waals surface area (Å²) >= 11 is 1.30. The van der Waals surface area contributed by atoms with E-state index in [2.05, 4.69) is 21.8 Å². The Morgan fingerprint density at radius 1 is 1.15 bits per heavy atom. The lowest BCUT2D eigenvalue weighted by Crippen LogP contribution is -2.47. The van der Waals surface area contributed by atoms with Crippen molar-refractivity contribution >= 4 is 17.9 Å². The van der Waals surface area contributed by atoms with Crippen LogP contribution in [0.25, 0.3) is 0 Å². The second-order valence-electron chi connectivity index (χ2n) is 9.45. The summed E-state index contributed by atoms with van der Waals surface area (Å²) in [6, 6.07) is 9.93. The Bertz CT molecular complexity index is 959. The number of ether oxygens (including phenoxy) is 1. The molecule has 4 nitrogen and oxygen atoms in total. The average Bonchev–Trinajstić information content (AvgIpc) is 2.76. The summed E-state index contributed by atoms with van der Waals surface area (Å²) in [7, 11) is 0. The van der Waals surface area contributed by atoms with Crippen LogP contribution >= 0.6 is 11.9 Å². The van der Waals surface area contributed by atoms with Gasteiger partial charge in [-0.25, -0.2) is 13.1 Å². The van der Waals surface area contributed by atoms with E-state index in [-0.39, 0.29) is 11.9 Å². The van der Waals surface area contributed by atoms with Crippen LogP contribution in [0.4, 0.5) is 8.78 Å². The van der Waals surface area contributed by atoms with E-state index in [1.54, 1.807) is 0 Å². The van der Waals surface area contributed by atoms with Gasteiger partial charge in [0.1, 0.15) is 17.4 Å². The quantitative estimate of drug-likeness (QED) is 0.353. The van der Waals surface area contributed by atoms with Gasteiger partial charge in [0.2, 0.25) is 5.91 Å². The van der Waals surface area contributed by atoms with Gasteiger partial charge in [-0.15, -0.1) is 0 Å². The first kappa shape index (κ1) is 25.5. The number of aryl methyl sites for hydroxylation is 2. The molecule has 2 aromatic rings. The fourth-order valence-corrected chi connectivity index (χ4v) is 4.78. The molecule has 1 N–H and O–H groups in total. The largest absolute Gasteiger partial charge is 0.493 e. The number of carbonyl (C=O) groups excluding carboxylic acids is 1.